The van der Waals surface area contributed by atoms with E-state index in [1.54, 1.807) is 12.1 Å². The largest absolute Gasteiger partial charge is 0.490 e. The molecule has 6 nitrogen and oxygen atoms in total. The van der Waals surface area contributed by atoms with Crippen molar-refractivity contribution in [1.82, 2.24) is 0 Å². The molecule has 0 heterocycles. The highest BCUT2D eigenvalue weighted by Crippen LogP contribution is 2.24. The molecule has 116 valence electrons. The van der Waals surface area contributed by atoms with Gasteiger partial charge in [-0.15, -0.1) is 0 Å². The molecule has 6 heteroatoms. The summed E-state index contributed by atoms with van der Waals surface area (Å²) in [6, 6.07) is 4.72. The van der Waals surface area contributed by atoms with Gasteiger partial charge in [-0.2, -0.15) is 0 Å². The predicted octanol–water partition coefficient (Wildman–Crippen LogP) is 1.36. The fourth-order valence-corrected chi connectivity index (χ4v) is 1.70. The van der Waals surface area contributed by atoms with E-state index in [0.29, 0.717) is 23.4 Å². The minimum absolute atomic E-state index is 0.113. The zero-order valence-corrected chi connectivity index (χ0v) is 12.3. The third-order valence-electron chi connectivity index (χ3n) is 2.76. The molecule has 0 bridgehead atoms. The smallest absolute Gasteiger partial charge is 0.224 e. The summed E-state index contributed by atoms with van der Waals surface area (Å²) in [5.41, 5.74) is 0.836. The van der Waals surface area contributed by atoms with Gasteiger partial charge in [0, 0.05) is 12.1 Å². The van der Waals surface area contributed by atoms with Crippen LogP contribution in [0.25, 0.3) is 0 Å². The van der Waals surface area contributed by atoms with Crippen LogP contribution < -0.4 is 10.1 Å². The maximum Gasteiger partial charge on any atom is 0.224 e. The van der Waals surface area contributed by atoms with Gasteiger partial charge in [-0.25, -0.2) is 0 Å². The molecular formula is C15H21NO5. The van der Waals surface area contributed by atoms with E-state index in [0.717, 1.165) is 6.42 Å². The predicted molar refractivity (Wildman–Crippen MR) is 78.6 cm³/mol. The Hall–Kier alpha value is -1.92. The second kappa shape index (κ2) is 8.39. The molecule has 0 spiro atoms. The highest BCUT2D eigenvalue weighted by molar-refractivity contribution is 5.99. The number of aliphatic hydroxyl groups excluding tert-OH is 2. The SMILES string of the molecule is CCCC(=O)Nc1ccc(OC[C@@H](O)CO)c(C(C)=O)c1. The molecule has 1 aromatic rings. The lowest BCUT2D eigenvalue weighted by Crippen LogP contribution is -2.22. The molecule has 0 aliphatic carbocycles. The lowest BCUT2D eigenvalue weighted by molar-refractivity contribution is -0.116. The molecule has 0 saturated heterocycles. The second-order valence-electron chi connectivity index (χ2n) is 4.71. The van der Waals surface area contributed by atoms with Crippen LogP contribution >= 0.6 is 0 Å². The molecule has 21 heavy (non-hydrogen) atoms. The van der Waals surface area contributed by atoms with Gasteiger partial charge in [0.1, 0.15) is 18.5 Å². The van der Waals surface area contributed by atoms with Gasteiger partial charge in [-0.05, 0) is 31.5 Å². The van der Waals surface area contributed by atoms with Crippen molar-refractivity contribution in [3.63, 3.8) is 0 Å². The number of nitrogens with one attached hydrogen (secondary N) is 1. The third-order valence-corrected chi connectivity index (χ3v) is 2.76. The van der Waals surface area contributed by atoms with Crippen molar-refractivity contribution in [3.8, 4) is 5.75 Å². The summed E-state index contributed by atoms with van der Waals surface area (Å²) in [4.78, 5) is 23.2. The minimum atomic E-state index is -1.01. The Morgan fingerprint density at radius 2 is 2.10 bits per heavy atom. The van der Waals surface area contributed by atoms with Crippen LogP contribution in [0.4, 0.5) is 5.69 Å². The summed E-state index contributed by atoms with van der Waals surface area (Å²) in [5, 5.41) is 20.7. The zero-order chi connectivity index (χ0) is 15.8. The van der Waals surface area contributed by atoms with Gasteiger partial charge in [-0.3, -0.25) is 9.59 Å². The Kier molecular flexibility index (Phi) is 6.84. The van der Waals surface area contributed by atoms with E-state index in [4.69, 9.17) is 9.84 Å². The van der Waals surface area contributed by atoms with Gasteiger partial charge in [0.2, 0.25) is 5.91 Å². The molecule has 0 radical (unpaired) electrons. The van der Waals surface area contributed by atoms with Crippen LogP contribution in [0.5, 0.6) is 5.75 Å². The van der Waals surface area contributed by atoms with Crippen molar-refractivity contribution in [2.75, 3.05) is 18.5 Å². The van der Waals surface area contributed by atoms with E-state index < -0.39 is 12.7 Å². The Morgan fingerprint density at radius 1 is 1.38 bits per heavy atom. The summed E-state index contributed by atoms with van der Waals surface area (Å²) >= 11 is 0. The van der Waals surface area contributed by atoms with Crippen molar-refractivity contribution < 1.29 is 24.5 Å². The molecule has 1 amide bonds. The van der Waals surface area contributed by atoms with Gasteiger partial charge in [0.05, 0.1) is 12.2 Å². The van der Waals surface area contributed by atoms with Crippen molar-refractivity contribution in [1.29, 1.82) is 0 Å². The fourth-order valence-electron chi connectivity index (χ4n) is 1.70. The number of aliphatic hydroxyl groups is 2. The minimum Gasteiger partial charge on any atom is -0.490 e. The normalized spacial score (nSPS) is 11.8. The number of anilines is 1. The monoisotopic (exact) mass is 295 g/mol. The number of benzene rings is 1. The van der Waals surface area contributed by atoms with Crippen molar-refractivity contribution in [3.05, 3.63) is 23.8 Å². The first-order valence-corrected chi connectivity index (χ1v) is 6.84. The first kappa shape index (κ1) is 17.1. The number of hydrogen-bond donors (Lipinski definition) is 3. The summed E-state index contributed by atoms with van der Waals surface area (Å²) < 4.78 is 5.32. The van der Waals surface area contributed by atoms with Gasteiger partial charge in [-0.1, -0.05) is 6.92 Å². The summed E-state index contributed by atoms with van der Waals surface area (Å²) in [6.45, 7) is 2.77. The van der Waals surface area contributed by atoms with E-state index in [9.17, 15) is 14.7 Å². The molecule has 0 saturated carbocycles. The van der Waals surface area contributed by atoms with Crippen molar-refractivity contribution in [2.24, 2.45) is 0 Å². The molecule has 0 fully saturated rings. The van der Waals surface area contributed by atoms with Crippen LogP contribution in [-0.2, 0) is 4.79 Å². The molecule has 1 atom stereocenters. The number of hydrogen-bond acceptors (Lipinski definition) is 5. The highest BCUT2D eigenvalue weighted by atomic mass is 16.5. The summed E-state index contributed by atoms with van der Waals surface area (Å²) in [6.07, 6.45) is 0.149. The van der Waals surface area contributed by atoms with Crippen LogP contribution in [0, 0.1) is 0 Å². The number of amides is 1. The number of carbonyl (C=O) groups excluding carboxylic acids is 2. The fraction of sp³-hybridized carbons (Fsp3) is 0.467. The number of ketones is 1. The molecule has 1 rings (SSSR count). The van der Waals surface area contributed by atoms with E-state index >= 15 is 0 Å². The van der Waals surface area contributed by atoms with Crippen LogP contribution in [0.3, 0.4) is 0 Å². The number of Topliss-reactive ketones (excluding diaryl/α,β-unsaturated/α-hetero) is 1. The maximum absolute atomic E-state index is 11.6. The van der Waals surface area contributed by atoms with Crippen molar-refractivity contribution in [2.45, 2.75) is 32.8 Å². The first-order chi connectivity index (χ1) is 9.97. The topological polar surface area (TPSA) is 95.9 Å². The Bertz CT molecular complexity index is 501. The molecule has 0 aliphatic rings. The third kappa shape index (κ3) is 5.53. The van der Waals surface area contributed by atoms with Crippen LogP contribution in [0.2, 0.25) is 0 Å². The van der Waals surface area contributed by atoms with E-state index in [1.165, 1.54) is 13.0 Å². The molecule has 1 aromatic carbocycles. The van der Waals surface area contributed by atoms with Gasteiger partial charge < -0.3 is 20.3 Å². The number of rotatable bonds is 8. The quantitative estimate of drug-likeness (QED) is 0.629. The molecule has 0 unspecified atom stereocenters. The van der Waals surface area contributed by atoms with E-state index in [2.05, 4.69) is 5.32 Å². The number of carbonyl (C=O) groups is 2. The molecule has 0 aromatic heterocycles. The van der Waals surface area contributed by atoms with Gasteiger partial charge in [0.25, 0.3) is 0 Å². The number of ether oxygens (including phenoxy) is 1. The van der Waals surface area contributed by atoms with Crippen LogP contribution in [0.15, 0.2) is 18.2 Å². The maximum atomic E-state index is 11.6. The van der Waals surface area contributed by atoms with E-state index in [1.807, 2.05) is 6.92 Å². The van der Waals surface area contributed by atoms with Gasteiger partial charge in [0.15, 0.2) is 5.78 Å². The Labute approximate surface area is 123 Å². The van der Waals surface area contributed by atoms with Gasteiger partial charge >= 0.3 is 0 Å². The molecule has 0 aliphatic heterocycles. The van der Waals surface area contributed by atoms with Crippen LogP contribution in [0.1, 0.15) is 37.0 Å². The van der Waals surface area contributed by atoms with E-state index in [-0.39, 0.29) is 18.3 Å². The average Bonchev–Trinajstić information content (AvgIpc) is 2.45. The van der Waals surface area contributed by atoms with Crippen molar-refractivity contribution >= 4 is 17.4 Å². The zero-order valence-electron chi connectivity index (χ0n) is 12.3. The lowest BCUT2D eigenvalue weighted by Gasteiger charge is -2.14. The lowest BCUT2D eigenvalue weighted by atomic mass is 10.1. The standard InChI is InChI=1S/C15H21NO5/c1-3-4-15(20)16-11-5-6-14(13(7-11)10(2)18)21-9-12(19)8-17/h5-7,12,17,19H,3-4,8-9H2,1-2H3,(H,16,20)/t12-/m0/s1. The molecule has 3 N–H and O–H groups in total. The first-order valence-electron chi connectivity index (χ1n) is 6.84. The Morgan fingerprint density at radius 3 is 2.67 bits per heavy atom. The van der Waals surface area contributed by atoms with Crippen LogP contribution in [-0.4, -0.2) is 41.2 Å². The second-order valence-corrected chi connectivity index (χ2v) is 4.71. The summed E-state index contributed by atoms with van der Waals surface area (Å²) in [5.74, 6) is -0.0186. The Balaban J connectivity index is 2.86. The molecular weight excluding hydrogens is 274 g/mol. The summed E-state index contributed by atoms with van der Waals surface area (Å²) in [7, 11) is 0. The average molecular weight is 295 g/mol. The highest BCUT2D eigenvalue weighted by Gasteiger charge is 2.12.